The zero-order valence-corrected chi connectivity index (χ0v) is 14.4. The van der Waals surface area contributed by atoms with Crippen LogP contribution in [0.3, 0.4) is 0 Å². The zero-order valence-electron chi connectivity index (χ0n) is 14.4. The van der Waals surface area contributed by atoms with E-state index in [-0.39, 0.29) is 17.2 Å². The van der Waals surface area contributed by atoms with Crippen molar-refractivity contribution in [2.45, 2.75) is 56.4 Å². The number of nitrogens with one attached hydrogen (secondary N) is 1. The highest BCUT2D eigenvalue weighted by molar-refractivity contribution is 5.84. The van der Waals surface area contributed by atoms with Crippen LogP contribution < -0.4 is 5.32 Å². The summed E-state index contributed by atoms with van der Waals surface area (Å²) in [4.78, 5) is 12.7. The second kappa shape index (κ2) is 5.68. The number of amides is 1. The van der Waals surface area contributed by atoms with Crippen LogP contribution in [0.15, 0.2) is 30.6 Å². The Kier molecular flexibility index (Phi) is 3.43. The molecule has 1 heterocycles. The van der Waals surface area contributed by atoms with Crippen LogP contribution in [0.2, 0.25) is 0 Å². The number of nitrogens with zero attached hydrogens (tertiary/aromatic N) is 3. The van der Waals surface area contributed by atoms with E-state index >= 15 is 0 Å². The van der Waals surface area contributed by atoms with Crippen LogP contribution in [0.25, 0.3) is 0 Å². The van der Waals surface area contributed by atoms with Gasteiger partial charge in [-0.1, -0.05) is 24.3 Å². The molecule has 0 bridgehead atoms. The van der Waals surface area contributed by atoms with Gasteiger partial charge < -0.3 is 9.88 Å². The summed E-state index contributed by atoms with van der Waals surface area (Å²) in [7, 11) is 0. The fraction of sp³-hybridized carbons (Fsp3) is 0.550. The van der Waals surface area contributed by atoms with Crippen LogP contribution in [-0.4, -0.2) is 27.2 Å². The molecule has 2 atom stereocenters. The molecule has 130 valence electrons. The maximum Gasteiger partial charge on any atom is 0.224 e. The van der Waals surface area contributed by atoms with Gasteiger partial charge in [-0.05, 0) is 49.7 Å². The Hall–Kier alpha value is -2.17. The van der Waals surface area contributed by atoms with E-state index in [1.54, 1.807) is 0 Å². The number of fused-ring (bicyclic) bond motifs is 2. The summed E-state index contributed by atoms with van der Waals surface area (Å²) in [5.74, 6) is 1.36. The maximum atomic E-state index is 12.7. The third-order valence-electron chi connectivity index (χ3n) is 6.25. The molecule has 0 aliphatic heterocycles. The van der Waals surface area contributed by atoms with Crippen LogP contribution in [0, 0.1) is 5.92 Å². The van der Waals surface area contributed by atoms with Crippen LogP contribution in [-0.2, 0) is 23.1 Å². The Labute approximate surface area is 147 Å². The van der Waals surface area contributed by atoms with Gasteiger partial charge in [0, 0.05) is 30.3 Å². The molecule has 3 aliphatic rings. The van der Waals surface area contributed by atoms with E-state index in [0.29, 0.717) is 12.6 Å². The molecule has 1 aromatic heterocycles. The van der Waals surface area contributed by atoms with E-state index in [4.69, 9.17) is 0 Å². The highest BCUT2D eigenvalue weighted by Crippen LogP contribution is 2.60. The first kappa shape index (κ1) is 15.1. The number of rotatable bonds is 5. The molecule has 2 unspecified atom stereocenters. The Balaban J connectivity index is 1.21. The van der Waals surface area contributed by atoms with Crippen LogP contribution in [0.4, 0.5) is 0 Å². The lowest BCUT2D eigenvalue weighted by Gasteiger charge is -2.26. The average Bonchev–Trinajstić information content (AvgIpc) is 3.55. The maximum absolute atomic E-state index is 12.7. The number of carbonyl (C=O) groups is 1. The summed E-state index contributed by atoms with van der Waals surface area (Å²) >= 11 is 0. The Morgan fingerprint density at radius 2 is 2.20 bits per heavy atom. The molecule has 1 aromatic carbocycles. The number of aromatic nitrogens is 3. The highest BCUT2D eigenvalue weighted by atomic mass is 16.2. The summed E-state index contributed by atoms with van der Waals surface area (Å²) in [6.45, 7) is 0.651. The Bertz CT molecular complexity index is 810. The highest BCUT2D eigenvalue weighted by Gasteiger charge is 2.59. The monoisotopic (exact) mass is 336 g/mol. The minimum atomic E-state index is 0.118. The van der Waals surface area contributed by atoms with Crippen molar-refractivity contribution >= 4 is 5.91 Å². The van der Waals surface area contributed by atoms with E-state index in [1.807, 2.05) is 6.33 Å². The molecule has 5 rings (SSSR count). The number of aryl methyl sites for hydroxylation is 1. The van der Waals surface area contributed by atoms with E-state index in [0.717, 1.165) is 31.5 Å². The summed E-state index contributed by atoms with van der Waals surface area (Å²) in [6, 6.07) is 9.29. The lowest BCUT2D eigenvalue weighted by Crippen LogP contribution is -2.31. The smallest absolute Gasteiger partial charge is 0.224 e. The minimum Gasteiger partial charge on any atom is -0.355 e. The van der Waals surface area contributed by atoms with Gasteiger partial charge in [0.05, 0.1) is 0 Å². The molecule has 0 saturated heterocycles. The predicted octanol–water partition coefficient (Wildman–Crippen LogP) is 2.57. The fourth-order valence-electron chi connectivity index (χ4n) is 4.70. The first-order valence-corrected chi connectivity index (χ1v) is 9.52. The second-order valence-corrected chi connectivity index (χ2v) is 7.85. The first-order valence-electron chi connectivity index (χ1n) is 9.52. The van der Waals surface area contributed by atoms with Gasteiger partial charge in [0.25, 0.3) is 0 Å². The number of hydrogen-bond donors (Lipinski definition) is 1. The van der Waals surface area contributed by atoms with E-state index in [2.05, 4.69) is 44.3 Å². The van der Waals surface area contributed by atoms with Crippen molar-refractivity contribution in [3.05, 3.63) is 47.5 Å². The summed E-state index contributed by atoms with van der Waals surface area (Å²) in [5, 5.41) is 11.4. The quantitative estimate of drug-likeness (QED) is 0.913. The standard InChI is InChI=1S/C20H24N4O/c25-19(21-11-9-18-23-22-13-24(18)15-7-8-15)17-12-20(17)10-3-5-14-4-1-2-6-16(14)20/h1-2,4,6,13,15,17H,3,5,7-12H2,(H,21,25). The predicted molar refractivity (Wildman–Crippen MR) is 94.2 cm³/mol. The number of hydrogen-bond acceptors (Lipinski definition) is 3. The normalized spacial score (nSPS) is 27.1. The van der Waals surface area contributed by atoms with Crippen molar-refractivity contribution < 1.29 is 4.79 Å². The SMILES string of the molecule is O=C(NCCc1nncn1C1CC1)C1CC12CCCc1ccccc12. The van der Waals surface area contributed by atoms with E-state index < -0.39 is 0 Å². The number of carbonyl (C=O) groups excluding carboxylic acids is 1. The third kappa shape index (κ3) is 2.57. The van der Waals surface area contributed by atoms with Gasteiger partial charge in [-0.15, -0.1) is 10.2 Å². The van der Waals surface area contributed by atoms with Gasteiger partial charge in [0.1, 0.15) is 12.2 Å². The van der Waals surface area contributed by atoms with Gasteiger partial charge in [-0.2, -0.15) is 0 Å². The second-order valence-electron chi connectivity index (χ2n) is 7.85. The third-order valence-corrected chi connectivity index (χ3v) is 6.25. The van der Waals surface area contributed by atoms with E-state index in [1.165, 1.54) is 30.4 Å². The molecule has 3 aliphatic carbocycles. The molecule has 1 spiro atoms. The Morgan fingerprint density at radius 3 is 3.08 bits per heavy atom. The minimum absolute atomic E-state index is 0.118. The zero-order chi connectivity index (χ0) is 16.9. The van der Waals surface area contributed by atoms with Crippen LogP contribution >= 0.6 is 0 Å². The molecule has 25 heavy (non-hydrogen) atoms. The first-order chi connectivity index (χ1) is 12.3. The van der Waals surface area contributed by atoms with Gasteiger partial charge in [0.2, 0.25) is 5.91 Å². The molecule has 0 radical (unpaired) electrons. The van der Waals surface area contributed by atoms with Crippen molar-refractivity contribution in [3.63, 3.8) is 0 Å². The lowest BCUT2D eigenvalue weighted by molar-refractivity contribution is -0.122. The van der Waals surface area contributed by atoms with Crippen molar-refractivity contribution in [2.75, 3.05) is 6.54 Å². The largest absolute Gasteiger partial charge is 0.355 e. The van der Waals surface area contributed by atoms with E-state index in [9.17, 15) is 4.79 Å². The van der Waals surface area contributed by atoms with Gasteiger partial charge >= 0.3 is 0 Å². The van der Waals surface area contributed by atoms with Crippen molar-refractivity contribution in [1.82, 2.24) is 20.1 Å². The molecular formula is C20H24N4O. The molecule has 1 amide bonds. The van der Waals surface area contributed by atoms with Crippen LogP contribution in [0.5, 0.6) is 0 Å². The molecule has 5 nitrogen and oxygen atoms in total. The topological polar surface area (TPSA) is 59.8 Å². The number of benzene rings is 1. The molecule has 2 saturated carbocycles. The summed E-state index contributed by atoms with van der Waals surface area (Å²) in [6.07, 6.45) is 9.55. The molecule has 2 fully saturated rings. The fourth-order valence-corrected chi connectivity index (χ4v) is 4.70. The summed E-state index contributed by atoms with van der Waals surface area (Å²) in [5.41, 5.74) is 2.99. The molecule has 1 N–H and O–H groups in total. The van der Waals surface area contributed by atoms with Gasteiger partial charge in [0.15, 0.2) is 0 Å². The van der Waals surface area contributed by atoms with Crippen LogP contribution in [0.1, 0.15) is 55.1 Å². The average molecular weight is 336 g/mol. The van der Waals surface area contributed by atoms with Crippen molar-refractivity contribution in [3.8, 4) is 0 Å². The Morgan fingerprint density at radius 1 is 1.32 bits per heavy atom. The van der Waals surface area contributed by atoms with Gasteiger partial charge in [-0.3, -0.25) is 4.79 Å². The van der Waals surface area contributed by atoms with Crippen molar-refractivity contribution in [1.29, 1.82) is 0 Å². The lowest BCUT2D eigenvalue weighted by atomic mass is 9.78. The van der Waals surface area contributed by atoms with Gasteiger partial charge in [-0.25, -0.2) is 0 Å². The molecule has 5 heteroatoms. The molecular weight excluding hydrogens is 312 g/mol. The molecule has 2 aromatic rings. The van der Waals surface area contributed by atoms with Crippen molar-refractivity contribution in [2.24, 2.45) is 5.92 Å². The summed E-state index contributed by atoms with van der Waals surface area (Å²) < 4.78 is 2.17.